The first-order chi connectivity index (χ1) is 9.13. The third-order valence-electron chi connectivity index (χ3n) is 3.39. The molecule has 0 aromatic heterocycles. The van der Waals surface area contributed by atoms with E-state index in [2.05, 4.69) is 24.5 Å². The summed E-state index contributed by atoms with van der Waals surface area (Å²) in [5.41, 5.74) is 0. The van der Waals surface area contributed by atoms with Crippen LogP contribution >= 0.6 is 0 Å². The Bertz CT molecular complexity index is 253. The van der Waals surface area contributed by atoms with Crippen molar-refractivity contribution in [3.05, 3.63) is 0 Å². The predicted molar refractivity (Wildman–Crippen MR) is 75.1 cm³/mol. The van der Waals surface area contributed by atoms with Crippen LogP contribution in [0.25, 0.3) is 0 Å². The van der Waals surface area contributed by atoms with Crippen LogP contribution in [-0.2, 0) is 14.3 Å². The quantitative estimate of drug-likeness (QED) is 0.690. The number of ether oxygens (including phenoxy) is 2. The second-order valence-electron chi connectivity index (χ2n) is 5.34. The number of hydrogen-bond acceptors (Lipinski definition) is 4. The number of amides is 1. The smallest absolute Gasteiger partial charge is 0.246 e. The third-order valence-corrected chi connectivity index (χ3v) is 3.39. The summed E-state index contributed by atoms with van der Waals surface area (Å²) in [5, 5.41) is 6.26. The van der Waals surface area contributed by atoms with Crippen molar-refractivity contribution in [1.29, 1.82) is 0 Å². The van der Waals surface area contributed by atoms with Gasteiger partial charge < -0.3 is 20.1 Å². The van der Waals surface area contributed by atoms with Gasteiger partial charge in [-0.15, -0.1) is 0 Å². The Morgan fingerprint density at radius 1 is 1.37 bits per heavy atom. The van der Waals surface area contributed by atoms with E-state index in [0.717, 1.165) is 25.9 Å². The first kappa shape index (κ1) is 16.4. The van der Waals surface area contributed by atoms with E-state index in [1.165, 1.54) is 0 Å². The first-order valence-electron chi connectivity index (χ1n) is 7.33. The van der Waals surface area contributed by atoms with Gasteiger partial charge in [-0.05, 0) is 38.8 Å². The van der Waals surface area contributed by atoms with Gasteiger partial charge in [-0.2, -0.15) is 0 Å². The van der Waals surface area contributed by atoms with Crippen LogP contribution in [0, 0.1) is 5.92 Å². The zero-order chi connectivity index (χ0) is 14.1. The normalized spacial score (nSPS) is 18.5. The molecule has 1 aliphatic rings. The third kappa shape index (κ3) is 6.89. The van der Waals surface area contributed by atoms with Crippen LogP contribution in [0.4, 0.5) is 0 Å². The molecule has 1 fully saturated rings. The highest BCUT2D eigenvalue weighted by molar-refractivity contribution is 5.77. The minimum atomic E-state index is -0.0445. The van der Waals surface area contributed by atoms with Crippen molar-refractivity contribution >= 4 is 5.91 Å². The van der Waals surface area contributed by atoms with Gasteiger partial charge in [0.25, 0.3) is 0 Å². The molecule has 5 heteroatoms. The Balaban J connectivity index is 2.23. The van der Waals surface area contributed by atoms with Crippen LogP contribution in [-0.4, -0.2) is 51.0 Å². The molecule has 1 rings (SSSR count). The molecule has 0 spiro atoms. The van der Waals surface area contributed by atoms with E-state index in [0.29, 0.717) is 19.1 Å². The molecule has 0 saturated carbocycles. The Labute approximate surface area is 116 Å². The topological polar surface area (TPSA) is 59.6 Å². The van der Waals surface area contributed by atoms with Crippen LogP contribution in [0.5, 0.6) is 0 Å². The molecule has 19 heavy (non-hydrogen) atoms. The summed E-state index contributed by atoms with van der Waals surface area (Å²) in [7, 11) is 0. The predicted octanol–water partition coefficient (Wildman–Crippen LogP) is 0.932. The molecule has 1 saturated heterocycles. The number of carbonyl (C=O) groups excluding carboxylic acids is 1. The van der Waals surface area contributed by atoms with Gasteiger partial charge in [0.05, 0.1) is 18.8 Å². The molecule has 1 unspecified atom stereocenters. The van der Waals surface area contributed by atoms with E-state index in [1.54, 1.807) is 0 Å². The molecule has 1 aliphatic heterocycles. The molecule has 0 aromatic rings. The monoisotopic (exact) mass is 272 g/mol. The molecule has 0 aromatic carbocycles. The van der Waals surface area contributed by atoms with E-state index < -0.39 is 0 Å². The van der Waals surface area contributed by atoms with Gasteiger partial charge in [-0.25, -0.2) is 0 Å². The molecular weight excluding hydrogens is 244 g/mol. The number of piperidine rings is 1. The summed E-state index contributed by atoms with van der Waals surface area (Å²) in [5.74, 6) is 0.311. The van der Waals surface area contributed by atoms with Gasteiger partial charge in [0.1, 0.15) is 6.61 Å². The second-order valence-corrected chi connectivity index (χ2v) is 5.34. The lowest BCUT2D eigenvalue weighted by Gasteiger charge is -2.25. The van der Waals surface area contributed by atoms with Crippen molar-refractivity contribution in [2.45, 2.75) is 45.8 Å². The Morgan fingerprint density at radius 3 is 2.63 bits per heavy atom. The highest BCUT2D eigenvalue weighted by Gasteiger charge is 2.18. The molecule has 0 aliphatic carbocycles. The summed E-state index contributed by atoms with van der Waals surface area (Å²) < 4.78 is 11.0. The molecule has 1 atom stereocenters. The van der Waals surface area contributed by atoms with E-state index in [4.69, 9.17) is 9.47 Å². The molecule has 112 valence electrons. The summed E-state index contributed by atoms with van der Waals surface area (Å²) in [6.45, 7) is 9.46. The van der Waals surface area contributed by atoms with Gasteiger partial charge >= 0.3 is 0 Å². The zero-order valence-corrected chi connectivity index (χ0v) is 12.4. The van der Waals surface area contributed by atoms with Crippen LogP contribution in [0.15, 0.2) is 0 Å². The van der Waals surface area contributed by atoms with E-state index >= 15 is 0 Å². The van der Waals surface area contributed by atoms with Crippen LogP contribution in [0.3, 0.4) is 0 Å². The van der Waals surface area contributed by atoms with E-state index in [-0.39, 0.29) is 24.7 Å². The maximum absolute atomic E-state index is 11.9. The number of rotatable bonds is 8. The Morgan fingerprint density at radius 2 is 2.05 bits per heavy atom. The van der Waals surface area contributed by atoms with Crippen LogP contribution in [0.2, 0.25) is 0 Å². The van der Waals surface area contributed by atoms with E-state index in [1.807, 2.05) is 6.92 Å². The average Bonchev–Trinajstić information content (AvgIpc) is 2.42. The fraction of sp³-hybridized carbons (Fsp3) is 0.929. The standard InChI is InChI=1S/C14H28N2O3/c1-4-18-9-13(11(2)3)16-14(17)10-19-12-5-7-15-8-6-12/h11-13,15H,4-10H2,1-3H3,(H,16,17). The van der Waals surface area contributed by atoms with Gasteiger partial charge in [-0.1, -0.05) is 13.8 Å². The van der Waals surface area contributed by atoms with Crippen molar-refractivity contribution < 1.29 is 14.3 Å². The number of carbonyl (C=O) groups is 1. The summed E-state index contributed by atoms with van der Waals surface area (Å²) >= 11 is 0. The molecule has 0 bridgehead atoms. The zero-order valence-electron chi connectivity index (χ0n) is 12.4. The largest absolute Gasteiger partial charge is 0.380 e. The van der Waals surface area contributed by atoms with Crippen LogP contribution in [0.1, 0.15) is 33.6 Å². The van der Waals surface area contributed by atoms with Gasteiger partial charge in [0.15, 0.2) is 0 Å². The highest BCUT2D eigenvalue weighted by atomic mass is 16.5. The number of nitrogens with one attached hydrogen (secondary N) is 2. The highest BCUT2D eigenvalue weighted by Crippen LogP contribution is 2.07. The maximum atomic E-state index is 11.9. The van der Waals surface area contributed by atoms with Crippen molar-refractivity contribution in [1.82, 2.24) is 10.6 Å². The Kier molecular flexibility index (Phi) is 8.02. The van der Waals surface area contributed by atoms with Crippen molar-refractivity contribution in [2.24, 2.45) is 5.92 Å². The van der Waals surface area contributed by atoms with Gasteiger partial charge in [-0.3, -0.25) is 4.79 Å². The van der Waals surface area contributed by atoms with Gasteiger partial charge in [0, 0.05) is 6.61 Å². The maximum Gasteiger partial charge on any atom is 0.246 e. The second kappa shape index (κ2) is 9.28. The molecule has 0 radical (unpaired) electrons. The van der Waals surface area contributed by atoms with Crippen molar-refractivity contribution in [3.63, 3.8) is 0 Å². The lowest BCUT2D eigenvalue weighted by atomic mass is 10.1. The lowest BCUT2D eigenvalue weighted by molar-refractivity contribution is -0.129. The molecule has 1 heterocycles. The van der Waals surface area contributed by atoms with Gasteiger partial charge in [0.2, 0.25) is 5.91 Å². The molecular formula is C14H28N2O3. The summed E-state index contributed by atoms with van der Waals surface area (Å²) in [4.78, 5) is 11.9. The molecule has 1 amide bonds. The van der Waals surface area contributed by atoms with Crippen molar-refractivity contribution in [3.8, 4) is 0 Å². The molecule has 5 nitrogen and oxygen atoms in total. The number of hydrogen-bond donors (Lipinski definition) is 2. The van der Waals surface area contributed by atoms with E-state index in [9.17, 15) is 4.79 Å². The fourth-order valence-electron chi connectivity index (χ4n) is 2.05. The minimum Gasteiger partial charge on any atom is -0.380 e. The first-order valence-corrected chi connectivity index (χ1v) is 7.33. The molecule has 2 N–H and O–H groups in total. The van der Waals surface area contributed by atoms with Crippen LogP contribution < -0.4 is 10.6 Å². The lowest BCUT2D eigenvalue weighted by Crippen LogP contribution is -2.44. The fourth-order valence-corrected chi connectivity index (χ4v) is 2.05. The van der Waals surface area contributed by atoms with Crippen molar-refractivity contribution in [2.75, 3.05) is 32.9 Å². The minimum absolute atomic E-state index is 0.0445. The summed E-state index contributed by atoms with van der Waals surface area (Å²) in [6.07, 6.45) is 2.19. The Hall–Kier alpha value is -0.650. The SMILES string of the molecule is CCOCC(NC(=O)COC1CCNCC1)C(C)C. The average molecular weight is 272 g/mol. The summed E-state index contributed by atoms with van der Waals surface area (Å²) in [6, 6.07) is 0.0593.